The molecule has 1 atom stereocenters. The van der Waals surface area contributed by atoms with Crippen LogP contribution < -0.4 is 10.2 Å². The zero-order valence-electron chi connectivity index (χ0n) is 14.5. The Kier molecular flexibility index (Phi) is 6.43. The molecule has 1 unspecified atom stereocenters. The van der Waals surface area contributed by atoms with Gasteiger partial charge in [0.15, 0.2) is 5.82 Å². The van der Waals surface area contributed by atoms with E-state index in [4.69, 9.17) is 9.63 Å². The van der Waals surface area contributed by atoms with Gasteiger partial charge in [0.1, 0.15) is 5.82 Å². The molecule has 0 aliphatic heterocycles. The molecule has 2 heterocycles. The van der Waals surface area contributed by atoms with Gasteiger partial charge in [-0.3, -0.25) is 4.79 Å². The number of pyridine rings is 1. The second kappa shape index (κ2) is 8.54. The van der Waals surface area contributed by atoms with E-state index in [1.165, 1.54) is 6.20 Å². The normalized spacial score (nSPS) is 12.2. The summed E-state index contributed by atoms with van der Waals surface area (Å²) in [5.74, 6) is 1.37. The van der Waals surface area contributed by atoms with Crippen LogP contribution in [0.3, 0.4) is 0 Å². The lowest BCUT2D eigenvalue weighted by atomic mass is 10.2. The Labute approximate surface area is 145 Å². The highest BCUT2D eigenvalue weighted by molar-refractivity contribution is 5.93. The SMILES string of the molecule is CC(C)c1nc(CNC(=O)c2ccc(N(C)CC(O)CO)nc2)no1. The molecule has 0 radical (unpaired) electrons. The van der Waals surface area contributed by atoms with E-state index in [1.54, 1.807) is 24.1 Å². The Balaban J connectivity index is 1.91. The van der Waals surface area contributed by atoms with E-state index >= 15 is 0 Å². The maximum atomic E-state index is 12.1. The van der Waals surface area contributed by atoms with Crippen molar-refractivity contribution in [2.75, 3.05) is 25.1 Å². The average Bonchev–Trinajstić information content (AvgIpc) is 3.09. The molecule has 136 valence electrons. The third kappa shape index (κ3) is 5.23. The summed E-state index contributed by atoms with van der Waals surface area (Å²) in [6.07, 6.45) is 0.600. The summed E-state index contributed by atoms with van der Waals surface area (Å²) < 4.78 is 5.08. The Hall–Kier alpha value is -2.52. The highest BCUT2D eigenvalue weighted by atomic mass is 16.5. The zero-order chi connectivity index (χ0) is 18.4. The standard InChI is InChI=1S/C16H23N5O4/c1-10(2)16-19-13(20-25-16)7-18-15(24)11-4-5-14(17-6-11)21(3)8-12(23)9-22/h4-6,10,12,22-23H,7-9H2,1-3H3,(H,18,24). The number of carbonyl (C=O) groups excluding carboxylic acids is 1. The van der Waals surface area contributed by atoms with Crippen LogP contribution in [0.4, 0.5) is 5.82 Å². The molecule has 0 saturated carbocycles. The first kappa shape index (κ1) is 18.8. The van der Waals surface area contributed by atoms with E-state index in [9.17, 15) is 9.90 Å². The molecular formula is C16H23N5O4. The molecule has 9 nitrogen and oxygen atoms in total. The number of likely N-dealkylation sites (N-methyl/N-ethyl adjacent to an activating group) is 1. The van der Waals surface area contributed by atoms with Gasteiger partial charge in [0.2, 0.25) is 5.89 Å². The van der Waals surface area contributed by atoms with Crippen LogP contribution in [0, 0.1) is 0 Å². The molecule has 2 aromatic heterocycles. The number of aliphatic hydroxyl groups excluding tert-OH is 2. The lowest BCUT2D eigenvalue weighted by molar-refractivity contribution is 0.0949. The molecule has 0 fully saturated rings. The van der Waals surface area contributed by atoms with Crippen molar-refractivity contribution in [2.24, 2.45) is 0 Å². The third-order valence-electron chi connectivity index (χ3n) is 3.48. The van der Waals surface area contributed by atoms with Crippen molar-refractivity contribution in [2.45, 2.75) is 32.4 Å². The van der Waals surface area contributed by atoms with E-state index in [0.717, 1.165) is 0 Å². The number of aliphatic hydroxyl groups is 2. The molecule has 2 rings (SSSR count). The molecular weight excluding hydrogens is 326 g/mol. The highest BCUT2D eigenvalue weighted by Crippen LogP contribution is 2.12. The first-order chi connectivity index (χ1) is 11.9. The van der Waals surface area contributed by atoms with Crippen molar-refractivity contribution in [3.05, 3.63) is 35.6 Å². The zero-order valence-corrected chi connectivity index (χ0v) is 14.5. The van der Waals surface area contributed by atoms with Gasteiger partial charge in [-0.1, -0.05) is 19.0 Å². The number of nitrogens with zero attached hydrogens (tertiary/aromatic N) is 4. The van der Waals surface area contributed by atoms with Gasteiger partial charge in [0.25, 0.3) is 5.91 Å². The summed E-state index contributed by atoms with van der Waals surface area (Å²) in [5, 5.41) is 24.8. The minimum absolute atomic E-state index is 0.134. The molecule has 2 aromatic rings. The predicted molar refractivity (Wildman–Crippen MR) is 90.2 cm³/mol. The first-order valence-corrected chi connectivity index (χ1v) is 7.97. The van der Waals surface area contributed by atoms with Crippen LogP contribution in [-0.4, -0.2) is 57.5 Å². The van der Waals surface area contributed by atoms with Crippen LogP contribution in [0.5, 0.6) is 0 Å². The van der Waals surface area contributed by atoms with Crippen LogP contribution in [-0.2, 0) is 6.54 Å². The number of nitrogens with one attached hydrogen (secondary N) is 1. The fourth-order valence-corrected chi connectivity index (χ4v) is 2.05. The average molecular weight is 349 g/mol. The molecule has 3 N–H and O–H groups in total. The third-order valence-corrected chi connectivity index (χ3v) is 3.48. The molecule has 0 bridgehead atoms. The van der Waals surface area contributed by atoms with Crippen molar-refractivity contribution < 1.29 is 19.5 Å². The molecule has 0 aromatic carbocycles. The highest BCUT2D eigenvalue weighted by Gasteiger charge is 2.13. The minimum Gasteiger partial charge on any atom is -0.394 e. The van der Waals surface area contributed by atoms with Crippen LogP contribution in [0.25, 0.3) is 0 Å². The molecule has 1 amide bonds. The van der Waals surface area contributed by atoms with Gasteiger partial charge in [-0.15, -0.1) is 0 Å². The van der Waals surface area contributed by atoms with Crippen LogP contribution in [0.2, 0.25) is 0 Å². The summed E-state index contributed by atoms with van der Waals surface area (Å²) in [6, 6.07) is 3.31. The first-order valence-electron chi connectivity index (χ1n) is 7.97. The van der Waals surface area contributed by atoms with Crippen molar-refractivity contribution in [3.8, 4) is 0 Å². The predicted octanol–water partition coefficient (Wildman–Crippen LogP) is 0.307. The van der Waals surface area contributed by atoms with Crippen molar-refractivity contribution >= 4 is 11.7 Å². The smallest absolute Gasteiger partial charge is 0.253 e. The van der Waals surface area contributed by atoms with Crippen LogP contribution >= 0.6 is 0 Å². The Bertz CT molecular complexity index is 686. The van der Waals surface area contributed by atoms with Gasteiger partial charge in [-0.05, 0) is 12.1 Å². The molecule has 0 spiro atoms. The van der Waals surface area contributed by atoms with Gasteiger partial charge in [0.05, 0.1) is 24.8 Å². The lowest BCUT2D eigenvalue weighted by Crippen LogP contribution is -2.31. The Morgan fingerprint density at radius 3 is 2.72 bits per heavy atom. The topological polar surface area (TPSA) is 125 Å². The number of hydrogen-bond acceptors (Lipinski definition) is 8. The van der Waals surface area contributed by atoms with Crippen molar-refractivity contribution in [1.29, 1.82) is 0 Å². The molecule has 9 heteroatoms. The number of hydrogen-bond donors (Lipinski definition) is 3. The van der Waals surface area contributed by atoms with Crippen LogP contribution in [0.1, 0.15) is 41.8 Å². The second-order valence-corrected chi connectivity index (χ2v) is 6.01. The Morgan fingerprint density at radius 2 is 2.16 bits per heavy atom. The maximum absolute atomic E-state index is 12.1. The maximum Gasteiger partial charge on any atom is 0.253 e. The van der Waals surface area contributed by atoms with Gasteiger partial charge in [-0.25, -0.2) is 4.98 Å². The van der Waals surface area contributed by atoms with E-state index in [0.29, 0.717) is 23.1 Å². The lowest BCUT2D eigenvalue weighted by Gasteiger charge is -2.20. The van der Waals surface area contributed by atoms with Crippen LogP contribution in [0.15, 0.2) is 22.9 Å². The van der Waals surface area contributed by atoms with Gasteiger partial charge in [-0.2, -0.15) is 4.98 Å². The summed E-state index contributed by atoms with van der Waals surface area (Å²) in [4.78, 5) is 22.2. The molecule has 0 saturated heterocycles. The summed E-state index contributed by atoms with van der Waals surface area (Å²) in [7, 11) is 1.74. The monoisotopic (exact) mass is 349 g/mol. The quantitative estimate of drug-likeness (QED) is 0.622. The summed E-state index contributed by atoms with van der Waals surface area (Å²) in [6.45, 7) is 3.98. The number of aromatic nitrogens is 3. The molecule has 25 heavy (non-hydrogen) atoms. The fraction of sp³-hybridized carbons (Fsp3) is 0.500. The minimum atomic E-state index is -0.847. The number of amides is 1. The largest absolute Gasteiger partial charge is 0.394 e. The molecule has 0 aliphatic carbocycles. The Morgan fingerprint density at radius 1 is 1.40 bits per heavy atom. The van der Waals surface area contributed by atoms with E-state index < -0.39 is 6.10 Å². The van der Waals surface area contributed by atoms with Gasteiger partial charge >= 0.3 is 0 Å². The number of carbonyl (C=O) groups is 1. The van der Waals surface area contributed by atoms with E-state index in [1.807, 2.05) is 13.8 Å². The molecule has 0 aliphatic rings. The number of anilines is 1. The van der Waals surface area contributed by atoms with E-state index in [2.05, 4.69) is 20.4 Å². The summed E-state index contributed by atoms with van der Waals surface area (Å²) in [5.41, 5.74) is 0.396. The van der Waals surface area contributed by atoms with Gasteiger partial charge in [0, 0.05) is 25.7 Å². The summed E-state index contributed by atoms with van der Waals surface area (Å²) >= 11 is 0. The van der Waals surface area contributed by atoms with E-state index in [-0.39, 0.29) is 31.5 Å². The van der Waals surface area contributed by atoms with Crippen molar-refractivity contribution in [1.82, 2.24) is 20.4 Å². The second-order valence-electron chi connectivity index (χ2n) is 6.01. The van der Waals surface area contributed by atoms with Crippen molar-refractivity contribution in [3.63, 3.8) is 0 Å². The fourth-order valence-electron chi connectivity index (χ4n) is 2.05. The number of rotatable bonds is 8. The van der Waals surface area contributed by atoms with Gasteiger partial charge < -0.3 is 25.0 Å².